The third-order valence-corrected chi connectivity index (χ3v) is 7.28. The quantitative estimate of drug-likeness (QED) is 0.495. The molecular formula is C30H37FN4O5. The van der Waals surface area contributed by atoms with Gasteiger partial charge in [0.05, 0.1) is 25.0 Å². The molecule has 0 spiro atoms. The molecule has 1 atom stereocenters. The molecule has 0 aromatic heterocycles. The van der Waals surface area contributed by atoms with E-state index in [4.69, 9.17) is 14.2 Å². The minimum Gasteiger partial charge on any atom is -0.454 e. The Kier molecular flexibility index (Phi) is 8.37. The van der Waals surface area contributed by atoms with E-state index in [1.165, 1.54) is 11.1 Å². The van der Waals surface area contributed by atoms with Gasteiger partial charge >= 0.3 is 0 Å². The zero-order valence-corrected chi connectivity index (χ0v) is 23.4. The van der Waals surface area contributed by atoms with Crippen molar-refractivity contribution < 1.29 is 28.2 Å². The normalized spacial score (nSPS) is 19.1. The molecule has 0 unspecified atom stereocenters. The first-order valence-corrected chi connectivity index (χ1v) is 13.8. The Balaban J connectivity index is 1.40. The van der Waals surface area contributed by atoms with Crippen LogP contribution >= 0.6 is 0 Å². The number of ether oxygens (including phenoxy) is 3. The molecular weight excluding hydrogens is 515 g/mol. The minimum absolute atomic E-state index is 0.0776. The van der Waals surface area contributed by atoms with Crippen molar-refractivity contribution in [1.29, 1.82) is 0 Å². The van der Waals surface area contributed by atoms with Crippen molar-refractivity contribution in [3.8, 4) is 11.5 Å². The molecule has 5 rings (SSSR count). The van der Waals surface area contributed by atoms with E-state index < -0.39 is 11.9 Å². The van der Waals surface area contributed by atoms with E-state index in [2.05, 4.69) is 10.0 Å². The van der Waals surface area contributed by atoms with Gasteiger partial charge < -0.3 is 19.1 Å². The van der Waals surface area contributed by atoms with Crippen molar-refractivity contribution in [1.82, 2.24) is 14.8 Å². The van der Waals surface area contributed by atoms with Crippen LogP contribution < -0.4 is 9.47 Å². The summed E-state index contributed by atoms with van der Waals surface area (Å²) >= 11 is 0. The average molecular weight is 553 g/mol. The first kappa shape index (κ1) is 28.0. The van der Waals surface area contributed by atoms with Crippen molar-refractivity contribution in [3.63, 3.8) is 0 Å². The van der Waals surface area contributed by atoms with Gasteiger partial charge in [0.1, 0.15) is 12.4 Å². The fraction of sp³-hybridized carbons (Fsp3) is 0.500. The lowest BCUT2D eigenvalue weighted by Crippen LogP contribution is -2.47. The van der Waals surface area contributed by atoms with Crippen molar-refractivity contribution >= 4 is 17.5 Å². The van der Waals surface area contributed by atoms with Gasteiger partial charge in [-0.15, -0.1) is 0 Å². The predicted molar refractivity (Wildman–Crippen MR) is 148 cm³/mol. The third kappa shape index (κ3) is 6.62. The largest absolute Gasteiger partial charge is 0.454 e. The number of rotatable bonds is 8. The number of amides is 2. The van der Waals surface area contributed by atoms with Crippen molar-refractivity contribution in [2.45, 2.75) is 39.7 Å². The highest BCUT2D eigenvalue weighted by atomic mass is 19.1. The average Bonchev–Trinajstić information content (AvgIpc) is 3.58. The van der Waals surface area contributed by atoms with Crippen LogP contribution in [0.5, 0.6) is 11.5 Å². The molecule has 40 heavy (non-hydrogen) atoms. The lowest BCUT2D eigenvalue weighted by Gasteiger charge is -2.32. The topological polar surface area (TPSA) is 83.9 Å². The number of hydrazone groups is 1. The van der Waals surface area contributed by atoms with Crippen LogP contribution in [0, 0.1) is 11.2 Å². The lowest BCUT2D eigenvalue weighted by molar-refractivity contribution is -0.142. The Bertz CT molecular complexity index is 1270. The standard InChI is InChI=1S/C30H37FN4O5/c1-30(2,3)18-28(36)34(11-10-33-12-14-38-15-13-33)19-29(37)35-25(21-8-9-26-27(16-21)40-20-39-26)17-24(32-35)22-6-4-5-7-23(22)31/h4-9,16,25H,10-15,17-20H2,1-3H3/t25-/m1/s1. The van der Waals surface area contributed by atoms with Crippen LogP contribution in [-0.4, -0.2) is 85.1 Å². The summed E-state index contributed by atoms with van der Waals surface area (Å²) in [5, 5.41) is 6.04. The summed E-state index contributed by atoms with van der Waals surface area (Å²) < 4.78 is 31.2. The highest BCUT2D eigenvalue weighted by Crippen LogP contribution is 2.39. The summed E-state index contributed by atoms with van der Waals surface area (Å²) in [6, 6.07) is 11.5. The number of carbonyl (C=O) groups excluding carboxylic acids is 2. The van der Waals surface area contributed by atoms with Gasteiger partial charge in [-0.05, 0) is 29.2 Å². The lowest BCUT2D eigenvalue weighted by atomic mass is 9.91. The van der Waals surface area contributed by atoms with Gasteiger partial charge in [-0.25, -0.2) is 9.40 Å². The van der Waals surface area contributed by atoms with E-state index in [1.54, 1.807) is 23.1 Å². The monoisotopic (exact) mass is 552 g/mol. The second-order valence-electron chi connectivity index (χ2n) is 11.6. The summed E-state index contributed by atoms with van der Waals surface area (Å²) in [4.78, 5) is 31.2. The van der Waals surface area contributed by atoms with Crippen LogP contribution in [0.4, 0.5) is 4.39 Å². The van der Waals surface area contributed by atoms with Crippen molar-refractivity contribution in [3.05, 3.63) is 59.4 Å². The Hall–Kier alpha value is -3.50. The Morgan fingerprint density at radius 3 is 2.58 bits per heavy atom. The zero-order chi connectivity index (χ0) is 28.3. The van der Waals surface area contributed by atoms with E-state index in [1.807, 2.05) is 39.0 Å². The molecule has 0 saturated carbocycles. The summed E-state index contributed by atoms with van der Waals surface area (Å²) in [6.07, 6.45) is 0.648. The van der Waals surface area contributed by atoms with Gasteiger partial charge in [0.2, 0.25) is 12.7 Å². The summed E-state index contributed by atoms with van der Waals surface area (Å²) in [7, 11) is 0. The maximum atomic E-state index is 14.7. The van der Waals surface area contributed by atoms with Crippen LogP contribution in [0.25, 0.3) is 0 Å². The summed E-state index contributed by atoms with van der Waals surface area (Å²) in [5.74, 6) is 0.436. The highest BCUT2D eigenvalue weighted by molar-refractivity contribution is 6.03. The molecule has 214 valence electrons. The van der Waals surface area contributed by atoms with Crippen LogP contribution in [0.3, 0.4) is 0 Å². The zero-order valence-electron chi connectivity index (χ0n) is 23.4. The minimum atomic E-state index is -0.476. The molecule has 10 heteroatoms. The van der Waals surface area contributed by atoms with E-state index in [9.17, 15) is 14.0 Å². The molecule has 2 amide bonds. The Morgan fingerprint density at radius 1 is 1.07 bits per heavy atom. The van der Waals surface area contributed by atoms with Crippen LogP contribution in [0.15, 0.2) is 47.6 Å². The van der Waals surface area contributed by atoms with Crippen LogP contribution in [-0.2, 0) is 14.3 Å². The first-order chi connectivity index (χ1) is 19.2. The second-order valence-corrected chi connectivity index (χ2v) is 11.6. The third-order valence-electron chi connectivity index (χ3n) is 7.28. The predicted octanol–water partition coefficient (Wildman–Crippen LogP) is 3.83. The summed E-state index contributed by atoms with van der Waals surface area (Å²) in [6.45, 7) is 10.0. The van der Waals surface area contributed by atoms with Gasteiger partial charge in [0.15, 0.2) is 11.5 Å². The first-order valence-electron chi connectivity index (χ1n) is 13.8. The molecule has 0 N–H and O–H groups in total. The van der Waals surface area contributed by atoms with E-state index >= 15 is 0 Å². The van der Waals surface area contributed by atoms with Gasteiger partial charge in [0.25, 0.3) is 5.91 Å². The number of morpholine rings is 1. The molecule has 9 nitrogen and oxygen atoms in total. The highest BCUT2D eigenvalue weighted by Gasteiger charge is 2.36. The molecule has 0 bridgehead atoms. The van der Waals surface area contributed by atoms with E-state index in [0.717, 1.165) is 18.7 Å². The van der Waals surface area contributed by atoms with Gasteiger partial charge in [-0.1, -0.05) is 45.0 Å². The van der Waals surface area contributed by atoms with Gasteiger partial charge in [-0.3, -0.25) is 14.5 Å². The van der Waals surface area contributed by atoms with Gasteiger partial charge in [0, 0.05) is 44.6 Å². The fourth-order valence-corrected chi connectivity index (χ4v) is 5.16. The van der Waals surface area contributed by atoms with Crippen LogP contribution in [0.2, 0.25) is 0 Å². The summed E-state index contributed by atoms with van der Waals surface area (Å²) in [5.41, 5.74) is 1.41. The fourth-order valence-electron chi connectivity index (χ4n) is 5.16. The SMILES string of the molecule is CC(C)(C)CC(=O)N(CCN1CCOCC1)CC(=O)N1N=C(c2ccccc2F)C[C@@H]1c1ccc2c(c1)OCO2. The number of fused-ring (bicyclic) bond motifs is 1. The Morgan fingerprint density at radius 2 is 1.82 bits per heavy atom. The molecule has 1 fully saturated rings. The molecule has 2 aromatic carbocycles. The number of benzene rings is 2. The molecule has 0 radical (unpaired) electrons. The Labute approximate surface area is 234 Å². The number of hydrogen-bond acceptors (Lipinski definition) is 7. The van der Waals surface area contributed by atoms with E-state index in [0.29, 0.717) is 61.9 Å². The maximum Gasteiger partial charge on any atom is 0.262 e. The number of halogens is 1. The molecule has 3 aliphatic rings. The molecule has 0 aliphatic carbocycles. The number of nitrogens with zero attached hydrogens (tertiary/aromatic N) is 4. The molecule has 2 aromatic rings. The molecule has 3 aliphatic heterocycles. The number of carbonyl (C=O) groups is 2. The van der Waals surface area contributed by atoms with Crippen molar-refractivity contribution in [2.75, 3.05) is 52.7 Å². The van der Waals surface area contributed by atoms with E-state index in [-0.39, 0.29) is 30.6 Å². The number of hydrogen-bond donors (Lipinski definition) is 0. The molecule has 3 heterocycles. The maximum absolute atomic E-state index is 14.7. The smallest absolute Gasteiger partial charge is 0.262 e. The molecule has 1 saturated heterocycles. The van der Waals surface area contributed by atoms with Crippen LogP contribution in [0.1, 0.15) is 50.8 Å². The second kappa shape index (κ2) is 11.9. The van der Waals surface area contributed by atoms with Crippen molar-refractivity contribution in [2.24, 2.45) is 10.5 Å². The van der Waals surface area contributed by atoms with Gasteiger partial charge in [-0.2, -0.15) is 5.10 Å².